The average molecular weight is 271 g/mol. The summed E-state index contributed by atoms with van der Waals surface area (Å²) in [5, 5.41) is 7.42. The topological polar surface area (TPSA) is 53.2 Å². The standard InChI is InChI=1S/C12H12F3N3O/c1-11(2)5-3-7-8(4-6(5)18-10(11)19)17-9(16-7)12(13,14)15/h3-4,9,16-17H,1-2H3,(H,18,19). The van der Waals surface area contributed by atoms with E-state index in [0.717, 1.165) is 0 Å². The molecule has 1 aromatic rings. The van der Waals surface area contributed by atoms with E-state index < -0.39 is 17.8 Å². The van der Waals surface area contributed by atoms with E-state index in [1.165, 1.54) is 6.07 Å². The van der Waals surface area contributed by atoms with E-state index in [1.54, 1.807) is 19.9 Å². The molecule has 4 nitrogen and oxygen atoms in total. The first-order valence-corrected chi connectivity index (χ1v) is 5.79. The van der Waals surface area contributed by atoms with Crippen LogP contribution >= 0.6 is 0 Å². The molecule has 0 aromatic heterocycles. The van der Waals surface area contributed by atoms with Crippen molar-refractivity contribution >= 4 is 23.0 Å². The quantitative estimate of drug-likeness (QED) is 0.680. The Morgan fingerprint density at radius 3 is 2.26 bits per heavy atom. The van der Waals surface area contributed by atoms with Crippen LogP contribution in [0.2, 0.25) is 0 Å². The third-order valence-electron chi connectivity index (χ3n) is 3.57. The number of fused-ring (bicyclic) bond motifs is 2. The summed E-state index contributed by atoms with van der Waals surface area (Å²) in [6, 6.07) is 3.14. The Morgan fingerprint density at radius 1 is 1.11 bits per heavy atom. The average Bonchev–Trinajstić information content (AvgIpc) is 2.77. The maximum Gasteiger partial charge on any atom is 0.427 e. The molecular weight excluding hydrogens is 259 g/mol. The first-order chi connectivity index (χ1) is 8.69. The van der Waals surface area contributed by atoms with Gasteiger partial charge in [0, 0.05) is 5.69 Å². The summed E-state index contributed by atoms with van der Waals surface area (Å²) < 4.78 is 37.9. The number of anilines is 3. The highest BCUT2D eigenvalue weighted by Crippen LogP contribution is 2.45. The summed E-state index contributed by atoms with van der Waals surface area (Å²) in [4.78, 5) is 11.8. The van der Waals surface area contributed by atoms with Crippen LogP contribution < -0.4 is 16.0 Å². The summed E-state index contributed by atoms with van der Waals surface area (Å²) in [5.74, 6) is -0.154. The molecule has 3 N–H and O–H groups in total. The molecule has 1 aromatic carbocycles. The fraction of sp³-hybridized carbons (Fsp3) is 0.417. The van der Waals surface area contributed by atoms with Crippen molar-refractivity contribution in [3.05, 3.63) is 17.7 Å². The molecule has 0 bridgehead atoms. The summed E-state index contributed by atoms with van der Waals surface area (Å²) in [7, 11) is 0. The van der Waals surface area contributed by atoms with Gasteiger partial charge >= 0.3 is 6.18 Å². The normalized spacial score (nSPS) is 23.2. The maximum atomic E-state index is 12.6. The van der Waals surface area contributed by atoms with E-state index in [-0.39, 0.29) is 5.91 Å². The van der Waals surface area contributed by atoms with Crippen molar-refractivity contribution in [2.45, 2.75) is 31.6 Å². The third kappa shape index (κ3) is 1.64. The van der Waals surface area contributed by atoms with Crippen LogP contribution in [0.4, 0.5) is 30.2 Å². The lowest BCUT2D eigenvalue weighted by molar-refractivity contribution is -0.135. The Hall–Kier alpha value is -1.92. The molecule has 19 heavy (non-hydrogen) atoms. The molecule has 2 aliphatic heterocycles. The van der Waals surface area contributed by atoms with Gasteiger partial charge in [-0.25, -0.2) is 0 Å². The second kappa shape index (κ2) is 3.34. The number of hydrogen-bond donors (Lipinski definition) is 3. The van der Waals surface area contributed by atoms with Gasteiger partial charge in [0.2, 0.25) is 5.91 Å². The highest BCUT2D eigenvalue weighted by molar-refractivity contribution is 6.07. The summed E-state index contributed by atoms with van der Waals surface area (Å²) >= 11 is 0. The molecule has 0 aliphatic carbocycles. The van der Waals surface area contributed by atoms with Gasteiger partial charge in [0.05, 0.1) is 16.8 Å². The second-order valence-corrected chi connectivity index (χ2v) is 5.29. The van der Waals surface area contributed by atoms with Crippen molar-refractivity contribution in [3.63, 3.8) is 0 Å². The highest BCUT2D eigenvalue weighted by atomic mass is 19.4. The van der Waals surface area contributed by atoms with Crippen LogP contribution in [-0.2, 0) is 10.2 Å². The van der Waals surface area contributed by atoms with Crippen LogP contribution in [-0.4, -0.2) is 18.2 Å². The number of carbonyl (C=O) groups excluding carboxylic acids is 1. The zero-order valence-electron chi connectivity index (χ0n) is 10.3. The number of benzene rings is 1. The van der Waals surface area contributed by atoms with E-state index >= 15 is 0 Å². The number of rotatable bonds is 0. The Kier molecular flexibility index (Phi) is 2.13. The molecule has 0 fully saturated rings. The van der Waals surface area contributed by atoms with Gasteiger partial charge in [-0.15, -0.1) is 0 Å². The number of amides is 1. The highest BCUT2D eigenvalue weighted by Gasteiger charge is 2.45. The van der Waals surface area contributed by atoms with Gasteiger partial charge in [0.15, 0.2) is 6.17 Å². The predicted octanol–water partition coefficient (Wildman–Crippen LogP) is 2.64. The zero-order chi connectivity index (χ0) is 14.0. The Morgan fingerprint density at radius 2 is 1.68 bits per heavy atom. The van der Waals surface area contributed by atoms with Crippen LogP contribution in [0.1, 0.15) is 19.4 Å². The minimum atomic E-state index is -4.37. The zero-order valence-corrected chi connectivity index (χ0v) is 10.3. The van der Waals surface area contributed by atoms with Gasteiger partial charge in [0.1, 0.15) is 0 Å². The molecule has 0 radical (unpaired) electrons. The number of carbonyl (C=O) groups is 1. The summed E-state index contributed by atoms with van der Waals surface area (Å²) in [6.07, 6.45) is -6.16. The first-order valence-electron chi connectivity index (χ1n) is 5.79. The molecule has 0 saturated heterocycles. The number of hydrogen-bond acceptors (Lipinski definition) is 3. The van der Waals surface area contributed by atoms with E-state index in [9.17, 15) is 18.0 Å². The lowest BCUT2D eigenvalue weighted by Crippen LogP contribution is -2.38. The fourth-order valence-corrected chi connectivity index (χ4v) is 2.37. The summed E-state index contributed by atoms with van der Waals surface area (Å²) in [6.45, 7) is 3.48. The van der Waals surface area contributed by atoms with Gasteiger partial charge in [-0.1, -0.05) is 0 Å². The Balaban J connectivity index is 2.01. The van der Waals surface area contributed by atoms with Crippen molar-refractivity contribution < 1.29 is 18.0 Å². The fourth-order valence-electron chi connectivity index (χ4n) is 2.37. The lowest BCUT2D eigenvalue weighted by atomic mass is 9.86. The molecule has 2 aliphatic rings. The van der Waals surface area contributed by atoms with Gasteiger partial charge in [-0.2, -0.15) is 13.2 Å². The summed E-state index contributed by atoms with van der Waals surface area (Å²) in [5.41, 5.74) is 1.24. The van der Waals surface area contributed by atoms with Crippen molar-refractivity contribution in [2.24, 2.45) is 0 Å². The van der Waals surface area contributed by atoms with E-state index in [4.69, 9.17) is 0 Å². The maximum absolute atomic E-state index is 12.6. The van der Waals surface area contributed by atoms with Gasteiger partial charge in [-0.3, -0.25) is 4.79 Å². The van der Waals surface area contributed by atoms with Crippen molar-refractivity contribution in [1.29, 1.82) is 0 Å². The number of halogens is 3. The van der Waals surface area contributed by atoms with Crippen molar-refractivity contribution in [1.82, 2.24) is 0 Å². The lowest BCUT2D eigenvalue weighted by Gasteiger charge is -2.16. The molecule has 7 heteroatoms. The number of nitrogens with one attached hydrogen (secondary N) is 3. The van der Waals surface area contributed by atoms with Crippen LogP contribution in [0.5, 0.6) is 0 Å². The molecule has 3 rings (SSSR count). The van der Waals surface area contributed by atoms with Crippen LogP contribution in [0.25, 0.3) is 0 Å². The first kappa shape index (κ1) is 12.1. The van der Waals surface area contributed by atoms with Crippen molar-refractivity contribution in [3.8, 4) is 0 Å². The smallest absolute Gasteiger partial charge is 0.356 e. The minimum Gasteiger partial charge on any atom is -0.356 e. The second-order valence-electron chi connectivity index (χ2n) is 5.29. The molecule has 1 amide bonds. The van der Waals surface area contributed by atoms with Crippen LogP contribution in [0, 0.1) is 0 Å². The molecule has 0 saturated carbocycles. The van der Waals surface area contributed by atoms with E-state index in [2.05, 4.69) is 16.0 Å². The Bertz CT molecular complexity index is 580. The van der Waals surface area contributed by atoms with Gasteiger partial charge < -0.3 is 16.0 Å². The molecule has 1 unspecified atom stereocenters. The van der Waals surface area contributed by atoms with Crippen molar-refractivity contribution in [2.75, 3.05) is 16.0 Å². The van der Waals surface area contributed by atoms with E-state index in [0.29, 0.717) is 22.6 Å². The van der Waals surface area contributed by atoms with Gasteiger partial charge in [-0.05, 0) is 31.5 Å². The minimum absolute atomic E-state index is 0.154. The molecule has 2 heterocycles. The molecule has 0 spiro atoms. The monoisotopic (exact) mass is 271 g/mol. The predicted molar refractivity (Wildman–Crippen MR) is 65.2 cm³/mol. The Labute approximate surface area is 107 Å². The van der Waals surface area contributed by atoms with Crippen LogP contribution in [0.3, 0.4) is 0 Å². The molecular formula is C12H12F3N3O. The van der Waals surface area contributed by atoms with Crippen LogP contribution in [0.15, 0.2) is 12.1 Å². The SMILES string of the molecule is CC1(C)C(=O)Nc2cc3c(cc21)NC(C(F)(F)F)N3. The molecule has 1 atom stereocenters. The van der Waals surface area contributed by atoms with E-state index in [1.807, 2.05) is 0 Å². The van der Waals surface area contributed by atoms with Gasteiger partial charge in [0.25, 0.3) is 0 Å². The third-order valence-corrected chi connectivity index (χ3v) is 3.57. The largest absolute Gasteiger partial charge is 0.427 e. The number of alkyl halides is 3. The molecule has 102 valence electrons.